The normalized spacial score (nSPS) is 23.6. The van der Waals surface area contributed by atoms with Crippen LogP contribution in [0.15, 0.2) is 4.99 Å². The molecule has 1 aliphatic heterocycles. The van der Waals surface area contributed by atoms with Gasteiger partial charge in [-0.25, -0.2) is 4.99 Å². The number of rotatable bonds is 2. The van der Waals surface area contributed by atoms with E-state index in [1.54, 1.807) is 0 Å². The molecule has 100 valence electrons. The van der Waals surface area contributed by atoms with E-state index >= 15 is 0 Å². The van der Waals surface area contributed by atoms with Gasteiger partial charge in [0.1, 0.15) is 0 Å². The van der Waals surface area contributed by atoms with Crippen molar-refractivity contribution in [3.63, 3.8) is 0 Å². The second-order valence-electron chi connectivity index (χ2n) is 6.21. The van der Waals surface area contributed by atoms with E-state index in [2.05, 4.69) is 37.6 Å². The minimum Gasteiger partial charge on any atom is -0.370 e. The van der Waals surface area contributed by atoms with Gasteiger partial charge in [0.25, 0.3) is 0 Å². The Hall–Kier alpha value is -0.730. The summed E-state index contributed by atoms with van der Waals surface area (Å²) in [5, 5.41) is 0. The van der Waals surface area contributed by atoms with E-state index in [1.165, 1.54) is 32.1 Å². The fraction of sp³-hybridized carbons (Fsp3) is 0.929. The maximum atomic E-state index is 6.10. The molecular formula is C14H29N3. The molecule has 1 fully saturated rings. The molecule has 0 spiro atoms. The molecule has 2 N–H and O–H groups in total. The van der Waals surface area contributed by atoms with Crippen LogP contribution in [0.5, 0.6) is 0 Å². The van der Waals surface area contributed by atoms with Crippen LogP contribution in [0.25, 0.3) is 0 Å². The first-order valence-corrected chi connectivity index (χ1v) is 7.02. The lowest BCUT2D eigenvalue weighted by Gasteiger charge is -2.24. The first-order chi connectivity index (χ1) is 7.92. The van der Waals surface area contributed by atoms with Gasteiger partial charge in [-0.05, 0) is 46.0 Å². The zero-order chi connectivity index (χ0) is 12.9. The molecule has 1 heterocycles. The molecule has 1 aliphatic rings. The monoisotopic (exact) mass is 239 g/mol. The number of hydrogen-bond acceptors (Lipinski definition) is 1. The van der Waals surface area contributed by atoms with E-state index in [0.717, 1.165) is 25.0 Å². The molecule has 0 aromatic rings. The Labute approximate surface area is 106 Å². The van der Waals surface area contributed by atoms with Crippen LogP contribution in [0, 0.1) is 5.92 Å². The summed E-state index contributed by atoms with van der Waals surface area (Å²) >= 11 is 0. The van der Waals surface area contributed by atoms with Crippen molar-refractivity contribution >= 4 is 5.96 Å². The molecule has 0 saturated carbocycles. The Kier molecular flexibility index (Phi) is 5.29. The highest BCUT2D eigenvalue weighted by atomic mass is 15.3. The highest BCUT2D eigenvalue weighted by Crippen LogP contribution is 2.22. The van der Waals surface area contributed by atoms with Crippen molar-refractivity contribution in [2.75, 3.05) is 13.1 Å². The van der Waals surface area contributed by atoms with Gasteiger partial charge in [0, 0.05) is 13.1 Å². The first-order valence-electron chi connectivity index (χ1n) is 7.02. The van der Waals surface area contributed by atoms with Gasteiger partial charge in [0.15, 0.2) is 5.96 Å². The summed E-state index contributed by atoms with van der Waals surface area (Å²) < 4.78 is 0. The number of guanidine groups is 1. The molecule has 1 rings (SSSR count). The van der Waals surface area contributed by atoms with Crippen LogP contribution in [-0.2, 0) is 0 Å². The third kappa shape index (κ3) is 5.42. The fourth-order valence-corrected chi connectivity index (χ4v) is 2.51. The average Bonchev–Trinajstić information content (AvgIpc) is 2.41. The Morgan fingerprint density at radius 2 is 2.00 bits per heavy atom. The maximum Gasteiger partial charge on any atom is 0.191 e. The van der Waals surface area contributed by atoms with Crippen LogP contribution in [0.4, 0.5) is 0 Å². The van der Waals surface area contributed by atoms with E-state index in [4.69, 9.17) is 5.73 Å². The van der Waals surface area contributed by atoms with Crippen LogP contribution >= 0.6 is 0 Å². The van der Waals surface area contributed by atoms with Gasteiger partial charge in [-0.15, -0.1) is 0 Å². The largest absolute Gasteiger partial charge is 0.370 e. The van der Waals surface area contributed by atoms with Crippen LogP contribution in [0.1, 0.15) is 59.8 Å². The van der Waals surface area contributed by atoms with Crippen molar-refractivity contribution in [2.24, 2.45) is 16.6 Å². The molecule has 1 atom stereocenters. The summed E-state index contributed by atoms with van der Waals surface area (Å²) in [7, 11) is 0. The molecule has 0 aromatic heterocycles. The quantitative estimate of drug-likeness (QED) is 0.594. The van der Waals surface area contributed by atoms with Crippen LogP contribution in [0.3, 0.4) is 0 Å². The van der Waals surface area contributed by atoms with E-state index in [0.29, 0.717) is 0 Å². The second-order valence-corrected chi connectivity index (χ2v) is 6.21. The summed E-state index contributed by atoms with van der Waals surface area (Å²) in [6.07, 6.45) is 6.55. The van der Waals surface area contributed by atoms with Gasteiger partial charge in [-0.3, -0.25) is 0 Å². The maximum absolute atomic E-state index is 6.10. The molecule has 3 heteroatoms. The first kappa shape index (κ1) is 14.3. The van der Waals surface area contributed by atoms with Crippen molar-refractivity contribution in [3.8, 4) is 0 Å². The predicted octanol–water partition coefficient (Wildman–Crippen LogP) is 3.00. The number of nitrogens with two attached hydrogens (primary N) is 1. The standard InChI is InChI=1S/C14H29N3/c1-5-7-12-8-6-10-17(11-9-12)13(15)16-14(2,3)4/h12H,5-11H2,1-4H3,(H2,15,16). The third-order valence-corrected chi connectivity index (χ3v) is 3.32. The lowest BCUT2D eigenvalue weighted by Crippen LogP contribution is -2.39. The lowest BCUT2D eigenvalue weighted by atomic mass is 9.96. The molecule has 0 radical (unpaired) electrons. The molecule has 1 saturated heterocycles. The van der Waals surface area contributed by atoms with Gasteiger partial charge in [0.05, 0.1) is 5.54 Å². The minimum atomic E-state index is -0.0702. The van der Waals surface area contributed by atoms with Crippen molar-refractivity contribution in [3.05, 3.63) is 0 Å². The molecule has 1 unspecified atom stereocenters. The highest BCUT2D eigenvalue weighted by Gasteiger charge is 2.19. The Balaban J connectivity index is 2.54. The summed E-state index contributed by atoms with van der Waals surface area (Å²) in [5.41, 5.74) is 6.03. The topological polar surface area (TPSA) is 41.6 Å². The highest BCUT2D eigenvalue weighted by molar-refractivity contribution is 5.78. The van der Waals surface area contributed by atoms with Gasteiger partial charge in [0.2, 0.25) is 0 Å². The van der Waals surface area contributed by atoms with Crippen LogP contribution in [-0.4, -0.2) is 29.5 Å². The van der Waals surface area contributed by atoms with Gasteiger partial charge in [-0.1, -0.05) is 19.8 Å². The van der Waals surface area contributed by atoms with Crippen molar-refractivity contribution in [1.82, 2.24) is 4.90 Å². The molecule has 17 heavy (non-hydrogen) atoms. The SMILES string of the molecule is CCCC1CCCN(C(N)=NC(C)(C)C)CC1. The molecule has 3 nitrogen and oxygen atoms in total. The smallest absolute Gasteiger partial charge is 0.191 e. The van der Waals surface area contributed by atoms with Crippen LogP contribution < -0.4 is 5.73 Å². The number of aliphatic imine (C=N–C) groups is 1. The third-order valence-electron chi connectivity index (χ3n) is 3.32. The summed E-state index contributed by atoms with van der Waals surface area (Å²) in [6.45, 7) is 10.7. The number of nitrogens with zero attached hydrogens (tertiary/aromatic N) is 2. The van der Waals surface area contributed by atoms with Gasteiger partial charge >= 0.3 is 0 Å². The van der Waals surface area contributed by atoms with Crippen molar-refractivity contribution < 1.29 is 0 Å². The Morgan fingerprint density at radius 3 is 2.59 bits per heavy atom. The Bertz CT molecular complexity index is 253. The molecular weight excluding hydrogens is 210 g/mol. The zero-order valence-electron chi connectivity index (χ0n) is 12.0. The predicted molar refractivity (Wildman–Crippen MR) is 75.2 cm³/mol. The second kappa shape index (κ2) is 6.27. The zero-order valence-corrected chi connectivity index (χ0v) is 12.0. The molecule has 0 amide bonds. The lowest BCUT2D eigenvalue weighted by molar-refractivity contribution is 0.395. The molecule has 0 aromatic carbocycles. The van der Waals surface area contributed by atoms with Crippen molar-refractivity contribution in [2.45, 2.75) is 65.3 Å². The van der Waals surface area contributed by atoms with E-state index in [-0.39, 0.29) is 5.54 Å². The summed E-state index contributed by atoms with van der Waals surface area (Å²) in [6, 6.07) is 0. The number of likely N-dealkylation sites (tertiary alicyclic amines) is 1. The van der Waals surface area contributed by atoms with E-state index < -0.39 is 0 Å². The van der Waals surface area contributed by atoms with Gasteiger partial charge in [-0.2, -0.15) is 0 Å². The van der Waals surface area contributed by atoms with Crippen molar-refractivity contribution in [1.29, 1.82) is 0 Å². The van der Waals surface area contributed by atoms with E-state index in [9.17, 15) is 0 Å². The summed E-state index contributed by atoms with van der Waals surface area (Å²) in [4.78, 5) is 6.83. The van der Waals surface area contributed by atoms with Gasteiger partial charge < -0.3 is 10.6 Å². The average molecular weight is 239 g/mol. The fourth-order valence-electron chi connectivity index (χ4n) is 2.51. The summed E-state index contributed by atoms with van der Waals surface area (Å²) in [5.74, 6) is 1.63. The minimum absolute atomic E-state index is 0.0702. The van der Waals surface area contributed by atoms with E-state index in [1.807, 2.05) is 0 Å². The number of hydrogen-bond donors (Lipinski definition) is 1. The Morgan fingerprint density at radius 1 is 1.29 bits per heavy atom. The molecule has 0 bridgehead atoms. The molecule has 0 aliphatic carbocycles. The van der Waals surface area contributed by atoms with Crippen LogP contribution in [0.2, 0.25) is 0 Å².